The fourth-order valence-corrected chi connectivity index (χ4v) is 2.94. The number of benzene rings is 2. The van der Waals surface area contributed by atoms with Crippen molar-refractivity contribution >= 4 is 58.3 Å². The molecule has 2 N–H and O–H groups in total. The highest BCUT2D eigenvalue weighted by atomic mass is 35.5. The number of rotatable bonds is 10. The van der Waals surface area contributed by atoms with Crippen LogP contribution in [0.3, 0.4) is 0 Å². The van der Waals surface area contributed by atoms with Crippen LogP contribution in [0.25, 0.3) is 0 Å². The summed E-state index contributed by atoms with van der Waals surface area (Å²) in [7, 11) is 0. The first-order valence-corrected chi connectivity index (χ1v) is 10.9. The van der Waals surface area contributed by atoms with E-state index in [1.807, 2.05) is 13.8 Å². The molecule has 8 nitrogen and oxygen atoms in total. The molecule has 0 fully saturated rings. The van der Waals surface area contributed by atoms with Crippen molar-refractivity contribution in [2.75, 3.05) is 23.8 Å². The zero-order chi connectivity index (χ0) is 24.4. The highest BCUT2D eigenvalue weighted by Gasteiger charge is 2.13. The van der Waals surface area contributed by atoms with E-state index in [-0.39, 0.29) is 23.8 Å². The van der Waals surface area contributed by atoms with Gasteiger partial charge in [-0.25, -0.2) is 4.79 Å². The molecule has 0 spiro atoms. The van der Waals surface area contributed by atoms with Crippen molar-refractivity contribution in [1.29, 1.82) is 0 Å². The Bertz CT molecular complexity index is 1030. The van der Waals surface area contributed by atoms with E-state index in [4.69, 9.17) is 32.7 Å². The van der Waals surface area contributed by atoms with Crippen LogP contribution >= 0.6 is 23.2 Å². The van der Waals surface area contributed by atoms with E-state index in [1.54, 1.807) is 24.3 Å². The fourth-order valence-electron chi connectivity index (χ4n) is 2.48. The Kier molecular flexibility index (Phi) is 10.2. The van der Waals surface area contributed by atoms with Crippen LogP contribution in [0.5, 0.6) is 0 Å². The van der Waals surface area contributed by atoms with Crippen molar-refractivity contribution in [2.45, 2.75) is 26.7 Å². The summed E-state index contributed by atoms with van der Waals surface area (Å²) in [6, 6.07) is 10.8. The number of ether oxygens (including phenoxy) is 2. The van der Waals surface area contributed by atoms with Gasteiger partial charge in [0.2, 0.25) is 5.91 Å². The maximum atomic E-state index is 12.1. The zero-order valence-corrected chi connectivity index (χ0v) is 19.7. The predicted molar refractivity (Wildman–Crippen MR) is 125 cm³/mol. The third kappa shape index (κ3) is 9.51. The lowest BCUT2D eigenvalue weighted by Gasteiger charge is -2.10. The van der Waals surface area contributed by atoms with Gasteiger partial charge in [0.1, 0.15) is 0 Å². The standard InChI is InChI=1S/C23H24Cl2N2O6/c1-14(2)12-33-23(31)15-4-3-5-17(10-15)26-20(28)8-9-22(30)32-13-21(29)27-19-7-6-16(24)11-18(19)25/h3-7,10-11,14H,8-9,12-13H2,1-2H3,(H,26,28)(H,27,29). The van der Waals surface area contributed by atoms with Crippen LogP contribution in [0.4, 0.5) is 11.4 Å². The summed E-state index contributed by atoms with van der Waals surface area (Å²) >= 11 is 11.8. The molecular formula is C23H24Cl2N2O6. The van der Waals surface area contributed by atoms with Crippen molar-refractivity contribution in [3.05, 3.63) is 58.1 Å². The normalized spacial score (nSPS) is 10.5. The number of hydrogen-bond acceptors (Lipinski definition) is 6. The average molecular weight is 495 g/mol. The summed E-state index contributed by atoms with van der Waals surface area (Å²) in [6.45, 7) is 3.62. The van der Waals surface area contributed by atoms with Gasteiger partial charge in [-0.05, 0) is 42.3 Å². The lowest BCUT2D eigenvalue weighted by atomic mass is 10.2. The molecule has 2 aromatic carbocycles. The predicted octanol–water partition coefficient (Wildman–Crippen LogP) is 4.71. The third-order valence-corrected chi connectivity index (χ3v) is 4.60. The maximum absolute atomic E-state index is 12.1. The van der Waals surface area contributed by atoms with E-state index < -0.39 is 30.4 Å². The number of anilines is 2. The van der Waals surface area contributed by atoms with Crippen LogP contribution in [0.15, 0.2) is 42.5 Å². The molecule has 0 unspecified atom stereocenters. The molecular weight excluding hydrogens is 471 g/mol. The number of halogens is 2. The van der Waals surface area contributed by atoms with Gasteiger partial charge in [-0.2, -0.15) is 0 Å². The van der Waals surface area contributed by atoms with E-state index in [9.17, 15) is 19.2 Å². The van der Waals surface area contributed by atoms with E-state index in [1.165, 1.54) is 18.2 Å². The number of amides is 2. The molecule has 2 rings (SSSR count). The summed E-state index contributed by atoms with van der Waals surface area (Å²) in [4.78, 5) is 47.9. The summed E-state index contributed by atoms with van der Waals surface area (Å²) in [5, 5.41) is 5.77. The summed E-state index contributed by atoms with van der Waals surface area (Å²) < 4.78 is 10.0. The molecule has 2 amide bonds. The second kappa shape index (κ2) is 12.8. The van der Waals surface area contributed by atoms with Gasteiger partial charge in [-0.3, -0.25) is 14.4 Å². The van der Waals surface area contributed by atoms with Gasteiger partial charge in [0.15, 0.2) is 6.61 Å². The molecule has 0 saturated heterocycles. The maximum Gasteiger partial charge on any atom is 0.338 e. The Morgan fingerprint density at radius 2 is 1.67 bits per heavy atom. The SMILES string of the molecule is CC(C)COC(=O)c1cccc(NC(=O)CCC(=O)OCC(=O)Nc2ccc(Cl)cc2Cl)c1. The molecule has 0 aromatic heterocycles. The quantitative estimate of drug-likeness (QED) is 0.462. The molecule has 0 aliphatic rings. The summed E-state index contributed by atoms with van der Waals surface area (Å²) in [5.74, 6) is -2.02. The van der Waals surface area contributed by atoms with E-state index >= 15 is 0 Å². The molecule has 0 atom stereocenters. The molecule has 0 radical (unpaired) electrons. The Labute approximate surface area is 201 Å². The third-order valence-electron chi connectivity index (χ3n) is 4.06. The molecule has 2 aromatic rings. The van der Waals surface area contributed by atoms with Crippen molar-refractivity contribution in [1.82, 2.24) is 0 Å². The topological polar surface area (TPSA) is 111 Å². The number of esters is 2. The highest BCUT2D eigenvalue weighted by Crippen LogP contribution is 2.25. The van der Waals surface area contributed by atoms with E-state index in [2.05, 4.69) is 10.6 Å². The van der Waals surface area contributed by atoms with Crippen molar-refractivity contribution in [3.63, 3.8) is 0 Å². The Morgan fingerprint density at radius 1 is 0.909 bits per heavy atom. The minimum Gasteiger partial charge on any atom is -0.462 e. The molecule has 0 bridgehead atoms. The monoisotopic (exact) mass is 494 g/mol. The van der Waals surface area contributed by atoms with Crippen LogP contribution in [0.1, 0.15) is 37.0 Å². The second-order valence-electron chi connectivity index (χ2n) is 7.45. The number of carbonyl (C=O) groups is 4. The van der Waals surface area contributed by atoms with Crippen molar-refractivity contribution < 1.29 is 28.7 Å². The van der Waals surface area contributed by atoms with Crippen LogP contribution in [0.2, 0.25) is 10.0 Å². The van der Waals surface area contributed by atoms with Gasteiger partial charge >= 0.3 is 11.9 Å². The first kappa shape index (κ1) is 26.2. The van der Waals surface area contributed by atoms with Crippen LogP contribution in [0, 0.1) is 5.92 Å². The summed E-state index contributed by atoms with van der Waals surface area (Å²) in [6.07, 6.45) is -0.386. The Balaban J connectivity index is 1.74. The molecule has 0 heterocycles. The largest absolute Gasteiger partial charge is 0.462 e. The molecule has 10 heteroatoms. The van der Waals surface area contributed by atoms with Crippen molar-refractivity contribution in [3.8, 4) is 0 Å². The van der Waals surface area contributed by atoms with Gasteiger partial charge in [0.25, 0.3) is 5.91 Å². The molecule has 0 aliphatic heterocycles. The van der Waals surface area contributed by atoms with Gasteiger partial charge in [-0.1, -0.05) is 43.1 Å². The van der Waals surface area contributed by atoms with Crippen LogP contribution in [-0.2, 0) is 23.9 Å². The lowest BCUT2D eigenvalue weighted by molar-refractivity contribution is -0.147. The minimum atomic E-state index is -0.714. The van der Waals surface area contributed by atoms with E-state index in [0.717, 1.165) is 0 Å². The second-order valence-corrected chi connectivity index (χ2v) is 8.30. The minimum absolute atomic E-state index is 0.161. The van der Waals surface area contributed by atoms with Crippen molar-refractivity contribution in [2.24, 2.45) is 5.92 Å². The molecule has 176 valence electrons. The summed E-state index contributed by atoms with van der Waals surface area (Å²) in [5.41, 5.74) is 1.03. The van der Waals surface area contributed by atoms with Gasteiger partial charge in [-0.15, -0.1) is 0 Å². The zero-order valence-electron chi connectivity index (χ0n) is 18.2. The first-order chi connectivity index (χ1) is 15.6. The molecule has 0 aliphatic carbocycles. The van der Waals surface area contributed by atoms with Gasteiger partial charge in [0.05, 0.1) is 29.3 Å². The molecule has 0 saturated carbocycles. The smallest absolute Gasteiger partial charge is 0.338 e. The number of hydrogen-bond donors (Lipinski definition) is 2. The number of nitrogens with one attached hydrogen (secondary N) is 2. The van der Waals surface area contributed by atoms with E-state index in [0.29, 0.717) is 28.6 Å². The Morgan fingerprint density at radius 3 is 2.36 bits per heavy atom. The lowest BCUT2D eigenvalue weighted by Crippen LogP contribution is -2.22. The first-order valence-electron chi connectivity index (χ1n) is 10.1. The van der Waals surface area contributed by atoms with Gasteiger partial charge in [0, 0.05) is 17.1 Å². The Hall–Kier alpha value is -3.10. The highest BCUT2D eigenvalue weighted by molar-refractivity contribution is 6.36. The molecule has 33 heavy (non-hydrogen) atoms. The fraction of sp³-hybridized carbons (Fsp3) is 0.304. The van der Waals surface area contributed by atoms with Gasteiger partial charge < -0.3 is 20.1 Å². The van der Waals surface area contributed by atoms with Crippen LogP contribution < -0.4 is 10.6 Å². The number of carbonyl (C=O) groups excluding carboxylic acids is 4. The average Bonchev–Trinajstić information content (AvgIpc) is 2.76. The van der Waals surface area contributed by atoms with Crippen LogP contribution in [-0.4, -0.2) is 37.0 Å².